The highest BCUT2D eigenvalue weighted by Crippen LogP contribution is 2.40. The summed E-state index contributed by atoms with van der Waals surface area (Å²) in [6, 6.07) is 2.92. The minimum atomic E-state index is -4.41. The molecule has 0 bridgehead atoms. The first kappa shape index (κ1) is 20.2. The maximum absolute atomic E-state index is 12.8. The average Bonchev–Trinajstić information content (AvgIpc) is 3.28. The van der Waals surface area contributed by atoms with Crippen molar-refractivity contribution in [2.24, 2.45) is 0 Å². The number of pyridine rings is 1. The molecule has 1 fully saturated rings. The van der Waals surface area contributed by atoms with Gasteiger partial charge in [-0.05, 0) is 49.8 Å². The number of fused-ring (bicyclic) bond motifs is 3. The predicted molar refractivity (Wildman–Crippen MR) is 112 cm³/mol. The lowest BCUT2D eigenvalue weighted by molar-refractivity contribution is -0.157. The fourth-order valence-corrected chi connectivity index (χ4v) is 5.56. The van der Waals surface area contributed by atoms with Crippen LogP contribution < -0.4 is 5.32 Å². The minimum Gasteiger partial charge on any atom is -0.358 e. The lowest BCUT2D eigenvalue weighted by Gasteiger charge is -2.19. The van der Waals surface area contributed by atoms with Gasteiger partial charge in [0.15, 0.2) is 5.82 Å². The molecule has 0 saturated carbocycles. The number of likely N-dealkylation sites (tertiary alicyclic amines) is 1. The number of amides is 1. The van der Waals surface area contributed by atoms with Crippen LogP contribution in [0.5, 0.6) is 0 Å². The van der Waals surface area contributed by atoms with Crippen molar-refractivity contribution in [2.75, 3.05) is 18.4 Å². The molecule has 4 heterocycles. The molecule has 2 aliphatic rings. The molecule has 1 aliphatic carbocycles. The van der Waals surface area contributed by atoms with Gasteiger partial charge in [-0.2, -0.15) is 13.2 Å². The minimum absolute atomic E-state index is 0.0709. The SMILES string of the molecule is O=C1C(Nc2nc(-c3cccnc3)nc3sc4c(c23)CCCC4)CCN1CC(F)(F)F. The molecule has 6 nitrogen and oxygen atoms in total. The van der Waals surface area contributed by atoms with Crippen molar-refractivity contribution >= 4 is 33.3 Å². The molecule has 10 heteroatoms. The monoisotopic (exact) mass is 447 g/mol. The maximum atomic E-state index is 12.8. The Kier molecular flexibility index (Phi) is 5.04. The van der Waals surface area contributed by atoms with Crippen LogP contribution in [0.1, 0.15) is 29.7 Å². The van der Waals surface area contributed by atoms with Crippen molar-refractivity contribution < 1.29 is 18.0 Å². The number of anilines is 1. The van der Waals surface area contributed by atoms with E-state index < -0.39 is 24.7 Å². The second-order valence-corrected chi connectivity index (χ2v) is 8.97. The molecule has 1 saturated heterocycles. The number of thiophene rings is 1. The van der Waals surface area contributed by atoms with Crippen molar-refractivity contribution in [1.82, 2.24) is 19.9 Å². The highest BCUT2D eigenvalue weighted by atomic mass is 32.1. The summed E-state index contributed by atoms with van der Waals surface area (Å²) in [6.45, 7) is -1.15. The van der Waals surface area contributed by atoms with Gasteiger partial charge < -0.3 is 10.2 Å². The summed E-state index contributed by atoms with van der Waals surface area (Å²) in [6.07, 6.45) is 3.32. The first-order valence-corrected chi connectivity index (χ1v) is 11.1. The van der Waals surface area contributed by atoms with Crippen LogP contribution in [0.25, 0.3) is 21.6 Å². The smallest absolute Gasteiger partial charge is 0.358 e. The van der Waals surface area contributed by atoms with Crippen molar-refractivity contribution in [3.63, 3.8) is 0 Å². The van der Waals surface area contributed by atoms with Crippen LogP contribution in [0.3, 0.4) is 0 Å². The molecule has 3 aromatic rings. The Morgan fingerprint density at radius 1 is 1.23 bits per heavy atom. The van der Waals surface area contributed by atoms with Crippen LogP contribution in [0, 0.1) is 0 Å². The van der Waals surface area contributed by atoms with E-state index in [4.69, 9.17) is 9.97 Å². The Morgan fingerprint density at radius 3 is 2.84 bits per heavy atom. The number of nitrogens with zero attached hydrogens (tertiary/aromatic N) is 4. The number of aromatic nitrogens is 3. The summed E-state index contributed by atoms with van der Waals surface area (Å²) >= 11 is 1.63. The van der Waals surface area contributed by atoms with Gasteiger partial charge in [0, 0.05) is 29.4 Å². The van der Waals surface area contributed by atoms with Gasteiger partial charge in [0.2, 0.25) is 5.91 Å². The number of hydrogen-bond acceptors (Lipinski definition) is 6. The summed E-state index contributed by atoms with van der Waals surface area (Å²) < 4.78 is 38.4. The van der Waals surface area contributed by atoms with Crippen molar-refractivity contribution in [3.8, 4) is 11.4 Å². The highest BCUT2D eigenvalue weighted by molar-refractivity contribution is 7.19. The Bertz CT molecular complexity index is 1130. The number of nitrogens with one attached hydrogen (secondary N) is 1. The molecule has 3 aromatic heterocycles. The van der Waals surface area contributed by atoms with Crippen molar-refractivity contribution in [3.05, 3.63) is 35.0 Å². The van der Waals surface area contributed by atoms with Crippen LogP contribution in [-0.4, -0.2) is 51.1 Å². The standard InChI is InChI=1S/C21H20F3N5OS/c22-21(23,24)11-29-9-7-14(20(29)30)26-18-16-13-5-1-2-6-15(13)31-19(16)28-17(27-18)12-4-3-8-25-10-12/h3-4,8,10,14H,1-2,5-7,9,11H2,(H,26,27,28). The Balaban J connectivity index is 1.54. The van der Waals surface area contributed by atoms with Gasteiger partial charge >= 0.3 is 6.18 Å². The third-order valence-electron chi connectivity index (χ3n) is 5.71. The molecule has 5 rings (SSSR count). The fourth-order valence-electron chi connectivity index (χ4n) is 4.30. The lowest BCUT2D eigenvalue weighted by atomic mass is 9.97. The predicted octanol–water partition coefficient (Wildman–Crippen LogP) is 4.21. The van der Waals surface area contributed by atoms with E-state index in [0.717, 1.165) is 46.4 Å². The van der Waals surface area contributed by atoms with Crippen LogP contribution >= 0.6 is 11.3 Å². The quantitative estimate of drug-likeness (QED) is 0.649. The second kappa shape index (κ2) is 7.74. The zero-order valence-electron chi connectivity index (χ0n) is 16.6. The first-order valence-electron chi connectivity index (χ1n) is 10.2. The Morgan fingerprint density at radius 2 is 2.06 bits per heavy atom. The van der Waals surface area contributed by atoms with E-state index in [9.17, 15) is 18.0 Å². The largest absolute Gasteiger partial charge is 0.406 e. The van der Waals surface area contributed by atoms with Gasteiger partial charge in [0.05, 0.1) is 5.39 Å². The summed E-state index contributed by atoms with van der Waals surface area (Å²) in [5.41, 5.74) is 1.94. The van der Waals surface area contributed by atoms with E-state index in [1.165, 1.54) is 10.4 Å². The van der Waals surface area contributed by atoms with Crippen molar-refractivity contribution in [2.45, 2.75) is 44.3 Å². The molecule has 162 valence electrons. The molecule has 0 radical (unpaired) electrons. The normalized spacial score (nSPS) is 19.1. The number of halogens is 3. The van der Waals surface area contributed by atoms with E-state index in [1.54, 1.807) is 29.8 Å². The summed E-state index contributed by atoms with van der Waals surface area (Å²) in [7, 11) is 0. The number of aryl methyl sites for hydroxylation is 2. The van der Waals surface area contributed by atoms with Crippen LogP contribution in [0.4, 0.5) is 19.0 Å². The first-order chi connectivity index (χ1) is 14.9. The molecular formula is C21H20F3N5OS. The van der Waals surface area contributed by atoms with E-state index in [-0.39, 0.29) is 6.54 Å². The Labute approximate surface area is 180 Å². The third kappa shape index (κ3) is 3.96. The number of carbonyl (C=O) groups is 1. The van der Waals surface area contributed by atoms with Gasteiger partial charge in [-0.1, -0.05) is 0 Å². The van der Waals surface area contributed by atoms with E-state index >= 15 is 0 Å². The molecule has 31 heavy (non-hydrogen) atoms. The van der Waals surface area contributed by atoms with E-state index in [1.807, 2.05) is 6.07 Å². The van der Waals surface area contributed by atoms with Gasteiger partial charge in [-0.3, -0.25) is 9.78 Å². The van der Waals surface area contributed by atoms with Crippen LogP contribution in [0.2, 0.25) is 0 Å². The molecular weight excluding hydrogens is 427 g/mol. The second-order valence-electron chi connectivity index (χ2n) is 7.89. The van der Waals surface area contributed by atoms with Crippen LogP contribution in [-0.2, 0) is 17.6 Å². The Hall–Kier alpha value is -2.75. The molecule has 1 unspecified atom stereocenters. The average molecular weight is 447 g/mol. The third-order valence-corrected chi connectivity index (χ3v) is 6.90. The number of alkyl halides is 3. The van der Waals surface area contributed by atoms with Gasteiger partial charge in [0.25, 0.3) is 0 Å². The number of rotatable bonds is 4. The molecule has 0 spiro atoms. The van der Waals surface area contributed by atoms with Gasteiger partial charge in [0.1, 0.15) is 23.2 Å². The van der Waals surface area contributed by atoms with Gasteiger partial charge in [-0.25, -0.2) is 9.97 Å². The lowest BCUT2D eigenvalue weighted by Crippen LogP contribution is -2.39. The summed E-state index contributed by atoms with van der Waals surface area (Å²) in [5, 5.41) is 4.07. The summed E-state index contributed by atoms with van der Waals surface area (Å²) in [4.78, 5) is 29.2. The topological polar surface area (TPSA) is 71.0 Å². The van der Waals surface area contributed by atoms with Crippen molar-refractivity contribution in [1.29, 1.82) is 0 Å². The van der Waals surface area contributed by atoms with Gasteiger partial charge in [-0.15, -0.1) is 11.3 Å². The molecule has 1 atom stereocenters. The fraction of sp³-hybridized carbons (Fsp3) is 0.429. The molecule has 1 aliphatic heterocycles. The summed E-state index contributed by atoms with van der Waals surface area (Å²) in [5.74, 6) is 0.464. The number of carbonyl (C=O) groups excluding carboxylic acids is 1. The highest BCUT2D eigenvalue weighted by Gasteiger charge is 2.39. The maximum Gasteiger partial charge on any atom is 0.406 e. The molecule has 1 N–H and O–H groups in total. The molecule has 0 aromatic carbocycles. The van der Waals surface area contributed by atoms with E-state index in [2.05, 4.69) is 10.3 Å². The molecule has 1 amide bonds. The van der Waals surface area contributed by atoms with Crippen LogP contribution in [0.15, 0.2) is 24.5 Å². The van der Waals surface area contributed by atoms with E-state index in [0.29, 0.717) is 18.1 Å². The number of hydrogen-bond donors (Lipinski definition) is 1. The zero-order chi connectivity index (χ0) is 21.6. The zero-order valence-corrected chi connectivity index (χ0v) is 17.4.